The number of rotatable bonds is 9. The molecule has 164 valence electrons. The lowest BCUT2D eigenvalue weighted by molar-refractivity contribution is -0.384. The van der Waals surface area contributed by atoms with Crippen LogP contribution in [0.5, 0.6) is 17.2 Å². The first-order valence-electron chi connectivity index (χ1n) is 8.96. The van der Waals surface area contributed by atoms with Gasteiger partial charge in [0.05, 0.1) is 38.5 Å². The van der Waals surface area contributed by atoms with E-state index in [-0.39, 0.29) is 17.8 Å². The first kappa shape index (κ1) is 23.1. The van der Waals surface area contributed by atoms with Crippen molar-refractivity contribution in [3.8, 4) is 17.2 Å². The Morgan fingerprint density at radius 1 is 1.00 bits per heavy atom. The summed E-state index contributed by atoms with van der Waals surface area (Å²) in [5, 5.41) is 17.1. The van der Waals surface area contributed by atoms with Gasteiger partial charge in [0.15, 0.2) is 11.5 Å². The summed E-state index contributed by atoms with van der Waals surface area (Å²) >= 11 is 0. The summed E-state index contributed by atoms with van der Waals surface area (Å²) in [5.74, 6) is -0.123. The highest BCUT2D eigenvalue weighted by atomic mass is 16.6. The van der Waals surface area contributed by atoms with Crippen molar-refractivity contribution >= 4 is 23.2 Å². The third-order valence-electron chi connectivity index (χ3n) is 4.18. The summed E-state index contributed by atoms with van der Waals surface area (Å²) in [6.07, 6.45) is 0. The van der Waals surface area contributed by atoms with E-state index in [1.165, 1.54) is 57.7 Å². The molecule has 0 aliphatic heterocycles. The zero-order valence-electron chi connectivity index (χ0n) is 17.4. The molecule has 0 radical (unpaired) electrons. The number of nitrogens with one attached hydrogen (secondary N) is 2. The van der Waals surface area contributed by atoms with Gasteiger partial charge in [0, 0.05) is 17.7 Å². The third kappa shape index (κ3) is 5.92. The molecule has 0 aliphatic rings. The van der Waals surface area contributed by atoms with E-state index in [0.717, 1.165) is 0 Å². The van der Waals surface area contributed by atoms with Gasteiger partial charge >= 0.3 is 0 Å². The number of nitro benzene ring substituents is 1. The van der Waals surface area contributed by atoms with Crippen LogP contribution in [0, 0.1) is 10.1 Å². The van der Waals surface area contributed by atoms with Gasteiger partial charge in [0.1, 0.15) is 0 Å². The Hall–Kier alpha value is -4.15. The van der Waals surface area contributed by atoms with E-state index in [2.05, 4.69) is 15.8 Å². The fraction of sp³-hybridized carbons (Fsp3) is 0.250. The Balaban J connectivity index is 1.98. The van der Waals surface area contributed by atoms with E-state index >= 15 is 0 Å². The van der Waals surface area contributed by atoms with Gasteiger partial charge in [-0.15, -0.1) is 0 Å². The number of amides is 2. The van der Waals surface area contributed by atoms with Gasteiger partial charge in [-0.05, 0) is 36.8 Å². The number of nitrogens with zero attached hydrogens (tertiary/aromatic N) is 2. The van der Waals surface area contributed by atoms with E-state index in [0.29, 0.717) is 28.5 Å². The van der Waals surface area contributed by atoms with Crippen molar-refractivity contribution in [1.29, 1.82) is 0 Å². The number of hydrogen-bond donors (Lipinski definition) is 2. The highest BCUT2D eigenvalue weighted by Crippen LogP contribution is 2.38. The Labute approximate surface area is 178 Å². The molecule has 0 bridgehead atoms. The largest absolute Gasteiger partial charge is 0.493 e. The standard InChI is InChI=1S/C20H22N4O7/c1-12(13-5-7-15(8-6-13)24(27)28)22-23-18(25)11-21-20(26)14-9-16(29-2)19(31-4)17(10-14)30-3/h5-10H,11H2,1-4H3,(H,21,26)(H,23,25)/b22-12-. The number of benzene rings is 2. The average Bonchev–Trinajstić information content (AvgIpc) is 2.79. The Morgan fingerprint density at radius 3 is 2.06 bits per heavy atom. The summed E-state index contributed by atoms with van der Waals surface area (Å²) in [6, 6.07) is 8.66. The number of nitro groups is 1. The van der Waals surface area contributed by atoms with Gasteiger partial charge in [0.25, 0.3) is 17.5 Å². The van der Waals surface area contributed by atoms with Crippen LogP contribution in [0.3, 0.4) is 0 Å². The van der Waals surface area contributed by atoms with Gasteiger partial charge < -0.3 is 19.5 Å². The number of carbonyl (C=O) groups excluding carboxylic acids is 2. The summed E-state index contributed by atoms with van der Waals surface area (Å²) in [5.41, 5.74) is 3.54. The molecule has 2 rings (SSSR count). The number of carbonyl (C=O) groups is 2. The van der Waals surface area contributed by atoms with Crippen molar-refractivity contribution in [2.45, 2.75) is 6.92 Å². The number of hydrazone groups is 1. The van der Waals surface area contributed by atoms with Gasteiger partial charge in [0.2, 0.25) is 5.75 Å². The van der Waals surface area contributed by atoms with E-state index in [4.69, 9.17) is 14.2 Å². The number of methoxy groups -OCH3 is 3. The maximum atomic E-state index is 12.4. The lowest BCUT2D eigenvalue weighted by Crippen LogP contribution is -2.35. The molecule has 0 saturated carbocycles. The quantitative estimate of drug-likeness (QED) is 0.351. The van der Waals surface area contributed by atoms with Gasteiger partial charge in [-0.25, -0.2) is 5.43 Å². The topological polar surface area (TPSA) is 141 Å². The monoisotopic (exact) mass is 430 g/mol. The Morgan fingerprint density at radius 2 is 1.58 bits per heavy atom. The second-order valence-corrected chi connectivity index (χ2v) is 6.13. The molecule has 0 aliphatic carbocycles. The molecule has 2 aromatic carbocycles. The maximum absolute atomic E-state index is 12.4. The molecule has 2 aromatic rings. The van der Waals surface area contributed by atoms with Gasteiger partial charge in [-0.2, -0.15) is 5.10 Å². The molecule has 2 N–H and O–H groups in total. The number of ether oxygens (including phenoxy) is 3. The maximum Gasteiger partial charge on any atom is 0.269 e. The Bertz CT molecular complexity index is 978. The lowest BCUT2D eigenvalue weighted by atomic mass is 10.1. The summed E-state index contributed by atoms with van der Waals surface area (Å²) in [4.78, 5) is 34.6. The highest BCUT2D eigenvalue weighted by molar-refractivity contribution is 6.00. The minimum Gasteiger partial charge on any atom is -0.493 e. The van der Waals surface area contributed by atoms with E-state index in [1.807, 2.05) is 0 Å². The number of non-ortho nitro benzene ring substituents is 1. The predicted molar refractivity (Wildman–Crippen MR) is 112 cm³/mol. The molecule has 31 heavy (non-hydrogen) atoms. The SMILES string of the molecule is COc1cc(C(=O)NCC(=O)N/N=C(/C)c2ccc([N+](=O)[O-])cc2)cc(OC)c1OC. The van der Waals surface area contributed by atoms with Crippen LogP contribution >= 0.6 is 0 Å². The second-order valence-electron chi connectivity index (χ2n) is 6.13. The van der Waals surface area contributed by atoms with Crippen molar-refractivity contribution in [2.24, 2.45) is 5.10 Å². The number of hydrogen-bond acceptors (Lipinski definition) is 8. The molecular formula is C20H22N4O7. The highest BCUT2D eigenvalue weighted by Gasteiger charge is 2.17. The van der Waals surface area contributed by atoms with E-state index in [1.54, 1.807) is 6.92 Å². The van der Waals surface area contributed by atoms with E-state index in [9.17, 15) is 19.7 Å². The van der Waals surface area contributed by atoms with Crippen molar-refractivity contribution in [3.05, 3.63) is 57.6 Å². The third-order valence-corrected chi connectivity index (χ3v) is 4.18. The fourth-order valence-electron chi connectivity index (χ4n) is 2.55. The van der Waals surface area contributed by atoms with Crippen LogP contribution in [0.15, 0.2) is 41.5 Å². The molecule has 0 heterocycles. The van der Waals surface area contributed by atoms with Crippen LogP contribution in [0.2, 0.25) is 0 Å². The van der Waals surface area contributed by atoms with Crippen molar-refractivity contribution in [2.75, 3.05) is 27.9 Å². The van der Waals surface area contributed by atoms with Crippen LogP contribution in [0.1, 0.15) is 22.8 Å². The van der Waals surface area contributed by atoms with Crippen LogP contribution in [-0.2, 0) is 4.79 Å². The average molecular weight is 430 g/mol. The van der Waals surface area contributed by atoms with E-state index < -0.39 is 16.7 Å². The molecule has 0 fully saturated rings. The minimum atomic E-state index is -0.554. The zero-order valence-corrected chi connectivity index (χ0v) is 17.4. The Kier molecular flexibility index (Phi) is 7.89. The van der Waals surface area contributed by atoms with Crippen LogP contribution < -0.4 is 25.0 Å². The molecule has 2 amide bonds. The molecule has 11 nitrogen and oxygen atoms in total. The van der Waals surface area contributed by atoms with Crippen molar-refractivity contribution < 1.29 is 28.7 Å². The molecule has 0 unspecified atom stereocenters. The van der Waals surface area contributed by atoms with Crippen LogP contribution in [-0.4, -0.2) is 50.3 Å². The minimum absolute atomic E-state index is 0.0462. The molecular weight excluding hydrogens is 408 g/mol. The lowest BCUT2D eigenvalue weighted by Gasteiger charge is -2.14. The van der Waals surface area contributed by atoms with Gasteiger partial charge in [-0.3, -0.25) is 19.7 Å². The summed E-state index contributed by atoms with van der Waals surface area (Å²) < 4.78 is 15.6. The fourth-order valence-corrected chi connectivity index (χ4v) is 2.55. The molecule has 0 saturated heterocycles. The summed E-state index contributed by atoms with van der Waals surface area (Å²) in [6.45, 7) is 1.31. The first-order valence-corrected chi connectivity index (χ1v) is 8.96. The van der Waals surface area contributed by atoms with Gasteiger partial charge in [-0.1, -0.05) is 0 Å². The summed E-state index contributed by atoms with van der Waals surface area (Å²) in [7, 11) is 4.30. The zero-order chi connectivity index (χ0) is 23.0. The van der Waals surface area contributed by atoms with Crippen LogP contribution in [0.4, 0.5) is 5.69 Å². The van der Waals surface area contributed by atoms with Crippen molar-refractivity contribution in [3.63, 3.8) is 0 Å². The molecule has 0 atom stereocenters. The second kappa shape index (κ2) is 10.6. The smallest absolute Gasteiger partial charge is 0.269 e. The predicted octanol–water partition coefficient (Wildman–Crippen LogP) is 1.89. The normalized spacial score (nSPS) is 10.8. The molecule has 0 spiro atoms. The van der Waals surface area contributed by atoms with Crippen molar-refractivity contribution in [1.82, 2.24) is 10.7 Å². The first-order chi connectivity index (χ1) is 14.8. The molecule has 0 aromatic heterocycles. The van der Waals surface area contributed by atoms with Crippen LogP contribution in [0.25, 0.3) is 0 Å². The molecule has 11 heteroatoms.